The lowest BCUT2D eigenvalue weighted by atomic mass is 10.0. The van der Waals surface area contributed by atoms with Gasteiger partial charge in [-0.15, -0.1) is 0 Å². The molecule has 0 spiro atoms. The predicted octanol–water partition coefficient (Wildman–Crippen LogP) is 5.75. The van der Waals surface area contributed by atoms with E-state index in [-0.39, 0.29) is 25.1 Å². The maximum Gasteiger partial charge on any atom is 0.403 e. The largest absolute Gasteiger partial charge is 0.403 e. The van der Waals surface area contributed by atoms with Crippen LogP contribution in [0.3, 0.4) is 0 Å². The summed E-state index contributed by atoms with van der Waals surface area (Å²) in [5.74, 6) is 0. The molecule has 1 aliphatic heterocycles. The molecule has 3 atom stereocenters. The first kappa shape index (κ1) is 23.3. The summed E-state index contributed by atoms with van der Waals surface area (Å²) in [6.07, 6.45) is -5.19. The van der Waals surface area contributed by atoms with Gasteiger partial charge in [-0.2, -0.15) is 18.4 Å². The summed E-state index contributed by atoms with van der Waals surface area (Å²) in [5, 5.41) is 7.12. The van der Waals surface area contributed by atoms with Gasteiger partial charge < -0.3 is 9.05 Å². The number of rotatable bonds is 8. The van der Waals surface area contributed by atoms with Gasteiger partial charge in [-0.1, -0.05) is 21.6 Å². The molecule has 10 heteroatoms. The van der Waals surface area contributed by atoms with Crippen LogP contribution in [-0.4, -0.2) is 45.6 Å². The number of hydrogen-bond acceptors (Lipinski definition) is 6. The Kier molecular flexibility index (Phi) is 8.84. The molecule has 0 radical (unpaired) electrons. The van der Waals surface area contributed by atoms with Gasteiger partial charge in [0, 0.05) is 16.8 Å². The molecule has 25 heavy (non-hydrogen) atoms. The topological polar surface area (TPSA) is 45.5 Å². The quantitative estimate of drug-likeness (QED) is 0.284. The molecule has 4 nitrogen and oxygen atoms in total. The fraction of sp³-hybridized carbons (Fsp3) is 0.933. The first-order valence-corrected chi connectivity index (χ1v) is 11.4. The average molecular weight is 418 g/mol. The van der Waals surface area contributed by atoms with Crippen LogP contribution in [0, 0.1) is 11.3 Å². The van der Waals surface area contributed by atoms with Gasteiger partial charge in [0.25, 0.3) is 8.53 Å². The normalized spacial score (nSPS) is 24.9. The van der Waals surface area contributed by atoms with Crippen molar-refractivity contribution >= 4 is 30.1 Å². The second-order valence-corrected chi connectivity index (χ2v) is 11.2. The highest BCUT2D eigenvalue weighted by atomic mass is 33.1. The molecule has 0 aromatic carbocycles. The van der Waals surface area contributed by atoms with Crippen molar-refractivity contribution < 1.29 is 22.2 Å². The first-order chi connectivity index (χ1) is 11.4. The molecule has 1 aliphatic rings. The highest BCUT2D eigenvalue weighted by Gasteiger charge is 2.58. The van der Waals surface area contributed by atoms with E-state index in [0.717, 1.165) is 10.8 Å². The number of hydrogen-bond donors (Lipinski definition) is 0. The first-order valence-electron chi connectivity index (χ1n) is 8.08. The van der Waals surface area contributed by atoms with Crippen LogP contribution in [0.15, 0.2) is 0 Å². The van der Waals surface area contributed by atoms with Gasteiger partial charge in [-0.25, -0.2) is 4.67 Å². The van der Waals surface area contributed by atoms with Crippen molar-refractivity contribution in [2.24, 2.45) is 0 Å². The number of nitrogens with zero attached hydrogens (tertiary/aromatic N) is 2. The van der Waals surface area contributed by atoms with Gasteiger partial charge in [-0.3, -0.25) is 0 Å². The monoisotopic (exact) mass is 418 g/mol. The van der Waals surface area contributed by atoms with E-state index in [1.165, 1.54) is 10.8 Å². The maximum atomic E-state index is 13.4. The Labute approximate surface area is 157 Å². The molecule has 1 heterocycles. The molecule has 1 unspecified atom stereocenters. The molecule has 0 amide bonds. The Balaban J connectivity index is 3.06. The second-order valence-electron chi connectivity index (χ2n) is 6.82. The van der Waals surface area contributed by atoms with Crippen LogP contribution >= 0.6 is 30.1 Å². The van der Waals surface area contributed by atoms with E-state index in [1.54, 1.807) is 13.8 Å². The highest BCUT2D eigenvalue weighted by molar-refractivity contribution is 8.78. The van der Waals surface area contributed by atoms with Crippen molar-refractivity contribution in [3.63, 3.8) is 0 Å². The second kappa shape index (κ2) is 9.48. The molecule has 0 N–H and O–H groups in total. The van der Waals surface area contributed by atoms with Gasteiger partial charge in [-0.05, 0) is 41.5 Å². The molecule has 0 aliphatic carbocycles. The van der Waals surface area contributed by atoms with Gasteiger partial charge >= 0.3 is 6.18 Å². The summed E-state index contributed by atoms with van der Waals surface area (Å²) < 4.78 is 53.3. The average Bonchev–Trinajstić information content (AvgIpc) is 2.73. The number of halogens is 3. The van der Waals surface area contributed by atoms with Crippen LogP contribution in [-0.2, 0) is 9.05 Å². The molecule has 0 aromatic rings. The Morgan fingerprint density at radius 1 is 1.24 bits per heavy atom. The van der Waals surface area contributed by atoms with E-state index in [2.05, 4.69) is 0 Å². The smallest absolute Gasteiger partial charge is 0.321 e. The zero-order chi connectivity index (χ0) is 19.4. The van der Waals surface area contributed by atoms with Gasteiger partial charge in [0.15, 0.2) is 0 Å². The van der Waals surface area contributed by atoms with E-state index in [1.807, 2.05) is 38.4 Å². The van der Waals surface area contributed by atoms with Gasteiger partial charge in [0.2, 0.25) is 0 Å². The Bertz CT molecular complexity index is 465. The number of nitriles is 1. The lowest BCUT2D eigenvalue weighted by molar-refractivity contribution is -0.145. The summed E-state index contributed by atoms with van der Waals surface area (Å²) in [4.78, 5) is 0. The van der Waals surface area contributed by atoms with E-state index >= 15 is 0 Å². The third-order valence-electron chi connectivity index (χ3n) is 3.52. The third kappa shape index (κ3) is 6.44. The standard InChI is InChI=1S/C15H26F3N2O2PS2/c1-10(2)20(11(3)4)23(21-9-7-8-19)22-12-13(15(16,17)18)24-25-14(12,5)6/h10-13H,7,9H2,1-6H3/t12-,13+,23?/m0/s1. The van der Waals surface area contributed by atoms with Crippen LogP contribution in [0.5, 0.6) is 0 Å². The van der Waals surface area contributed by atoms with Crippen LogP contribution in [0.25, 0.3) is 0 Å². The Morgan fingerprint density at radius 2 is 1.80 bits per heavy atom. The predicted molar refractivity (Wildman–Crippen MR) is 99.2 cm³/mol. The Morgan fingerprint density at radius 3 is 2.24 bits per heavy atom. The molecular formula is C15H26F3N2O2PS2. The lowest BCUT2D eigenvalue weighted by Crippen LogP contribution is -2.45. The van der Waals surface area contributed by atoms with E-state index < -0.39 is 30.8 Å². The van der Waals surface area contributed by atoms with Crippen molar-refractivity contribution in [3.05, 3.63) is 0 Å². The van der Waals surface area contributed by atoms with E-state index in [9.17, 15) is 13.2 Å². The minimum absolute atomic E-state index is 0.0438. The third-order valence-corrected chi connectivity index (χ3v) is 9.31. The molecule has 1 fully saturated rings. The molecule has 0 saturated carbocycles. The zero-order valence-corrected chi connectivity index (χ0v) is 17.9. The van der Waals surface area contributed by atoms with Crippen molar-refractivity contribution in [2.75, 3.05) is 6.61 Å². The minimum Gasteiger partial charge on any atom is -0.321 e. The van der Waals surface area contributed by atoms with Crippen LogP contribution < -0.4 is 0 Å². The fourth-order valence-electron chi connectivity index (χ4n) is 2.44. The lowest BCUT2D eigenvalue weighted by Gasteiger charge is -2.39. The van der Waals surface area contributed by atoms with Crippen molar-refractivity contribution in [1.82, 2.24) is 4.67 Å². The molecule has 1 saturated heterocycles. The van der Waals surface area contributed by atoms with Crippen LogP contribution in [0.4, 0.5) is 13.2 Å². The van der Waals surface area contributed by atoms with Crippen LogP contribution in [0.2, 0.25) is 0 Å². The van der Waals surface area contributed by atoms with Gasteiger partial charge in [0.1, 0.15) is 11.4 Å². The van der Waals surface area contributed by atoms with Crippen LogP contribution in [0.1, 0.15) is 48.0 Å². The highest BCUT2D eigenvalue weighted by Crippen LogP contribution is 2.60. The molecule has 1 rings (SSSR count). The summed E-state index contributed by atoms with van der Waals surface area (Å²) >= 11 is 0. The summed E-state index contributed by atoms with van der Waals surface area (Å²) in [5.41, 5.74) is 0. The molecular weight excluding hydrogens is 392 g/mol. The minimum atomic E-state index is -4.34. The maximum absolute atomic E-state index is 13.4. The van der Waals surface area contributed by atoms with Gasteiger partial charge in [0.05, 0.1) is 19.1 Å². The summed E-state index contributed by atoms with van der Waals surface area (Å²) in [6.45, 7) is 11.5. The molecule has 0 aromatic heterocycles. The van der Waals surface area contributed by atoms with Crippen molar-refractivity contribution in [1.29, 1.82) is 5.26 Å². The van der Waals surface area contributed by atoms with E-state index in [4.69, 9.17) is 14.3 Å². The van der Waals surface area contributed by atoms with Crippen molar-refractivity contribution in [2.45, 2.75) is 82.3 Å². The SMILES string of the molecule is CC(C)N(C(C)C)P(OCCC#N)O[C@H]1[C@H](C(F)(F)F)SSC1(C)C. The van der Waals surface area contributed by atoms with E-state index in [0.29, 0.717) is 0 Å². The Hall–Kier alpha value is 0.290. The molecule has 0 bridgehead atoms. The summed E-state index contributed by atoms with van der Waals surface area (Å²) in [6, 6.07) is 2.07. The summed E-state index contributed by atoms with van der Waals surface area (Å²) in [7, 11) is 0.309. The zero-order valence-electron chi connectivity index (χ0n) is 15.3. The fourth-order valence-corrected chi connectivity index (χ4v) is 7.77. The van der Waals surface area contributed by atoms with Crippen molar-refractivity contribution in [3.8, 4) is 6.07 Å². The molecule has 146 valence electrons. The number of alkyl halides is 3.